The molecule has 2 fully saturated rings. The topological polar surface area (TPSA) is 92.2 Å². The maximum absolute atomic E-state index is 14.3. The smallest absolute Gasteiger partial charge is 0.274 e. The number of anilines is 1. The number of aromatic nitrogens is 3. The Morgan fingerprint density at radius 1 is 1.08 bits per heavy atom. The Balaban J connectivity index is 1.34. The van der Waals surface area contributed by atoms with Gasteiger partial charge in [0.1, 0.15) is 17.3 Å². The number of amides is 2. The van der Waals surface area contributed by atoms with E-state index in [1.54, 1.807) is 12.1 Å². The number of carbonyl (C=O) groups is 2. The lowest BCUT2D eigenvalue weighted by molar-refractivity contribution is 0.0709. The van der Waals surface area contributed by atoms with Crippen LogP contribution in [0.3, 0.4) is 0 Å². The van der Waals surface area contributed by atoms with Crippen LogP contribution < -0.4 is 10.6 Å². The second-order valence-electron chi connectivity index (χ2n) is 9.10. The molecule has 2 aliphatic rings. The monoisotopic (exact) mass is 516 g/mol. The van der Waals surface area contributed by atoms with Gasteiger partial charge in [-0.15, -0.1) is 0 Å². The van der Waals surface area contributed by atoms with Gasteiger partial charge in [0.05, 0.1) is 16.3 Å². The van der Waals surface area contributed by atoms with E-state index < -0.39 is 11.7 Å². The summed E-state index contributed by atoms with van der Waals surface area (Å²) in [5, 5.41) is 11.0. The van der Waals surface area contributed by atoms with Gasteiger partial charge >= 0.3 is 0 Å². The van der Waals surface area contributed by atoms with Crippen LogP contribution in [0.15, 0.2) is 72.9 Å². The molecule has 2 saturated heterocycles. The number of nitrogens with one attached hydrogen (secondary N) is 2. The van der Waals surface area contributed by atoms with E-state index in [1.807, 2.05) is 35.2 Å². The van der Waals surface area contributed by atoms with Crippen LogP contribution in [0.4, 0.5) is 10.2 Å². The minimum Gasteiger partial charge on any atom is -0.331 e. The molecule has 6 rings (SSSR count). The number of benzene rings is 2. The molecule has 2 aromatic carbocycles. The largest absolute Gasteiger partial charge is 0.331 e. The second-order valence-corrected chi connectivity index (χ2v) is 9.50. The fourth-order valence-electron chi connectivity index (χ4n) is 4.93. The van der Waals surface area contributed by atoms with Crippen LogP contribution in [-0.2, 0) is 0 Å². The summed E-state index contributed by atoms with van der Waals surface area (Å²) < 4.78 is 15.8. The molecule has 37 heavy (non-hydrogen) atoms. The van der Waals surface area contributed by atoms with Crippen molar-refractivity contribution >= 4 is 29.2 Å². The van der Waals surface area contributed by atoms with Gasteiger partial charge in [0, 0.05) is 43.0 Å². The van der Waals surface area contributed by atoms with Gasteiger partial charge in [-0.2, -0.15) is 5.10 Å². The van der Waals surface area contributed by atoms with Crippen LogP contribution in [0, 0.1) is 5.82 Å². The molecule has 2 bridgehead atoms. The Morgan fingerprint density at radius 2 is 1.92 bits per heavy atom. The highest BCUT2D eigenvalue weighted by Gasteiger charge is 2.41. The van der Waals surface area contributed by atoms with Gasteiger partial charge in [-0.05, 0) is 42.8 Å². The van der Waals surface area contributed by atoms with E-state index in [0.717, 1.165) is 13.0 Å². The molecule has 4 heterocycles. The first-order valence-corrected chi connectivity index (χ1v) is 12.3. The molecule has 0 radical (unpaired) electrons. The number of fused-ring (bicyclic) bond motifs is 2. The maximum Gasteiger partial charge on any atom is 0.274 e. The van der Waals surface area contributed by atoms with Gasteiger partial charge in [-0.3, -0.25) is 14.6 Å². The zero-order valence-corrected chi connectivity index (χ0v) is 20.3. The number of piperazine rings is 1. The van der Waals surface area contributed by atoms with Crippen molar-refractivity contribution in [2.24, 2.45) is 0 Å². The molecule has 10 heteroatoms. The van der Waals surface area contributed by atoms with Gasteiger partial charge in [0.15, 0.2) is 5.69 Å². The van der Waals surface area contributed by atoms with Crippen molar-refractivity contribution in [1.29, 1.82) is 0 Å². The Labute approximate surface area is 217 Å². The molecule has 186 valence electrons. The number of nitrogens with zero attached hydrogens (tertiary/aromatic N) is 4. The number of likely N-dealkylation sites (tertiary alicyclic amines) is 1. The molecule has 8 nitrogen and oxygen atoms in total. The average molecular weight is 517 g/mol. The third-order valence-corrected chi connectivity index (χ3v) is 7.06. The first-order valence-electron chi connectivity index (χ1n) is 11.9. The van der Waals surface area contributed by atoms with Crippen molar-refractivity contribution in [2.45, 2.75) is 18.5 Å². The highest BCUT2D eigenvalue weighted by atomic mass is 35.5. The van der Waals surface area contributed by atoms with E-state index in [1.165, 1.54) is 35.1 Å². The van der Waals surface area contributed by atoms with E-state index in [0.29, 0.717) is 29.7 Å². The fraction of sp³-hybridized carbons (Fsp3) is 0.185. The van der Waals surface area contributed by atoms with E-state index in [-0.39, 0.29) is 33.9 Å². The lowest BCUT2D eigenvalue weighted by atomic mass is 10.1. The van der Waals surface area contributed by atoms with E-state index >= 15 is 0 Å². The van der Waals surface area contributed by atoms with Gasteiger partial charge in [0.25, 0.3) is 11.8 Å². The van der Waals surface area contributed by atoms with E-state index in [2.05, 4.69) is 20.7 Å². The highest BCUT2D eigenvalue weighted by Crippen LogP contribution is 2.29. The van der Waals surface area contributed by atoms with Crippen LogP contribution in [0.25, 0.3) is 16.9 Å². The highest BCUT2D eigenvalue weighted by molar-refractivity contribution is 6.34. The summed E-state index contributed by atoms with van der Waals surface area (Å²) in [7, 11) is 0. The van der Waals surface area contributed by atoms with Crippen molar-refractivity contribution in [3.8, 4) is 16.9 Å². The maximum atomic E-state index is 14.3. The number of rotatable bonds is 5. The molecule has 2 atom stereocenters. The number of para-hydroxylation sites is 1. The second kappa shape index (κ2) is 9.42. The Bertz CT molecular complexity index is 1510. The first-order chi connectivity index (χ1) is 18.0. The van der Waals surface area contributed by atoms with Crippen molar-refractivity contribution in [3.63, 3.8) is 0 Å². The molecule has 0 saturated carbocycles. The summed E-state index contributed by atoms with van der Waals surface area (Å²) in [6.07, 6.45) is 2.41. The van der Waals surface area contributed by atoms with Crippen molar-refractivity contribution in [3.05, 3.63) is 95.0 Å². The molecule has 2 aromatic heterocycles. The summed E-state index contributed by atoms with van der Waals surface area (Å²) >= 11 is 6.36. The summed E-state index contributed by atoms with van der Waals surface area (Å²) in [6.45, 7) is 1.40. The molecule has 2 N–H and O–H groups in total. The van der Waals surface area contributed by atoms with E-state index in [4.69, 9.17) is 11.6 Å². The lowest BCUT2D eigenvalue weighted by Crippen LogP contribution is -2.46. The van der Waals surface area contributed by atoms with Gasteiger partial charge < -0.3 is 15.5 Å². The fourth-order valence-corrected chi connectivity index (χ4v) is 5.13. The van der Waals surface area contributed by atoms with Gasteiger partial charge in [-0.25, -0.2) is 9.07 Å². The van der Waals surface area contributed by atoms with Crippen LogP contribution in [0.1, 0.15) is 27.3 Å². The predicted octanol–water partition coefficient (Wildman–Crippen LogP) is 4.17. The predicted molar refractivity (Wildman–Crippen MR) is 137 cm³/mol. The number of pyridine rings is 1. The van der Waals surface area contributed by atoms with Crippen molar-refractivity contribution < 1.29 is 14.0 Å². The zero-order valence-electron chi connectivity index (χ0n) is 19.6. The molecule has 2 amide bonds. The number of carbonyl (C=O) groups excluding carboxylic acids is 2. The van der Waals surface area contributed by atoms with Crippen LogP contribution in [-0.4, -0.2) is 56.7 Å². The SMILES string of the molecule is O=C(Nc1cc(C(=O)N2C[C@H]3C[C@@H]2CN3)nn1-c1ccccc1)c1cc(-c2ncccc2F)ccc1Cl. The van der Waals surface area contributed by atoms with Crippen molar-refractivity contribution in [2.75, 3.05) is 18.4 Å². The van der Waals surface area contributed by atoms with Gasteiger partial charge in [0.2, 0.25) is 0 Å². The summed E-state index contributed by atoms with van der Waals surface area (Å²) in [5.41, 5.74) is 1.59. The van der Waals surface area contributed by atoms with Crippen LogP contribution in [0.2, 0.25) is 5.02 Å². The van der Waals surface area contributed by atoms with E-state index in [9.17, 15) is 14.0 Å². The molecule has 0 unspecified atom stereocenters. The third-order valence-electron chi connectivity index (χ3n) is 6.73. The molecule has 0 aliphatic carbocycles. The number of hydrogen-bond donors (Lipinski definition) is 2. The lowest BCUT2D eigenvalue weighted by Gasteiger charge is -2.26. The Hall–Kier alpha value is -4.08. The average Bonchev–Trinajstić information content (AvgIpc) is 3.66. The minimum atomic E-state index is -0.524. The number of halogens is 2. The van der Waals surface area contributed by atoms with Crippen molar-refractivity contribution in [1.82, 2.24) is 25.0 Å². The first kappa shape index (κ1) is 23.3. The van der Waals surface area contributed by atoms with Crippen LogP contribution >= 0.6 is 11.6 Å². The quantitative estimate of drug-likeness (QED) is 0.415. The molecular weight excluding hydrogens is 495 g/mol. The molecule has 2 aliphatic heterocycles. The third kappa shape index (κ3) is 4.36. The number of hydrogen-bond acceptors (Lipinski definition) is 5. The summed E-state index contributed by atoms with van der Waals surface area (Å²) in [6, 6.07) is 18.7. The summed E-state index contributed by atoms with van der Waals surface area (Å²) in [4.78, 5) is 32.6. The van der Waals surface area contributed by atoms with Gasteiger partial charge in [-0.1, -0.05) is 35.9 Å². The standard InChI is InChI=1S/C27H22ClFN6O2/c28-21-9-8-16(25-22(29)7-4-10-30-25)11-20(21)26(36)32-24-13-23(33-35(24)18-5-2-1-3-6-18)27(37)34-15-17-12-19(34)14-31-17/h1-11,13,17,19,31H,12,14-15H2,(H,32,36)/t17-,19-/m1/s1. The molecule has 4 aromatic rings. The Kier molecular flexibility index (Phi) is 5.94. The minimum absolute atomic E-state index is 0.116. The Morgan fingerprint density at radius 3 is 2.65 bits per heavy atom. The zero-order chi connectivity index (χ0) is 25.5. The van der Waals surface area contributed by atoms with Crippen LogP contribution in [0.5, 0.6) is 0 Å². The summed E-state index contributed by atoms with van der Waals surface area (Å²) in [5.74, 6) is -0.895. The molecule has 0 spiro atoms. The molecular formula is C27H22ClFN6O2. The normalized spacial score (nSPS) is 18.3.